The molecule has 2 N–H and O–H groups in total. The van der Waals surface area contributed by atoms with Crippen LogP contribution in [0.3, 0.4) is 0 Å². The van der Waals surface area contributed by atoms with E-state index in [-0.39, 0.29) is 6.10 Å². The summed E-state index contributed by atoms with van der Waals surface area (Å²) in [6, 6.07) is 17.1. The number of nitrogens with two attached hydrogens (primary N) is 1. The summed E-state index contributed by atoms with van der Waals surface area (Å²) in [4.78, 5) is 6.79. The lowest BCUT2D eigenvalue weighted by Crippen LogP contribution is -2.45. The molecule has 122 valence electrons. The van der Waals surface area contributed by atoms with Crippen molar-refractivity contribution in [3.8, 4) is 5.88 Å². The molecule has 0 saturated carbocycles. The van der Waals surface area contributed by atoms with Gasteiger partial charge in [-0.15, -0.1) is 0 Å². The molecule has 1 aromatic carbocycles. The van der Waals surface area contributed by atoms with Crippen LogP contribution in [-0.2, 0) is 0 Å². The van der Waals surface area contributed by atoms with Gasteiger partial charge >= 0.3 is 0 Å². The first kappa shape index (κ1) is 15.8. The van der Waals surface area contributed by atoms with Gasteiger partial charge in [0.05, 0.1) is 0 Å². The molecule has 3 rings (SSSR count). The van der Waals surface area contributed by atoms with E-state index in [4.69, 9.17) is 10.5 Å². The van der Waals surface area contributed by atoms with Crippen molar-refractivity contribution in [2.24, 2.45) is 0 Å². The highest BCUT2D eigenvalue weighted by Crippen LogP contribution is 2.29. The number of hydrogen-bond acceptors (Lipinski definition) is 4. The van der Waals surface area contributed by atoms with Crippen LogP contribution < -0.4 is 10.5 Å². The number of anilines is 1. The maximum absolute atomic E-state index is 6.02. The smallest absolute Gasteiger partial charge is 0.215 e. The van der Waals surface area contributed by atoms with E-state index in [0.717, 1.165) is 19.4 Å². The number of ether oxygens (including phenoxy) is 1. The molecule has 23 heavy (non-hydrogen) atoms. The predicted molar refractivity (Wildman–Crippen MR) is 93.3 cm³/mol. The third-order valence-corrected chi connectivity index (χ3v) is 4.69. The van der Waals surface area contributed by atoms with Gasteiger partial charge in [-0.3, -0.25) is 4.90 Å². The van der Waals surface area contributed by atoms with Crippen LogP contribution in [0.1, 0.15) is 38.3 Å². The summed E-state index contributed by atoms with van der Waals surface area (Å²) in [5, 5.41) is 0. The highest BCUT2D eigenvalue weighted by molar-refractivity contribution is 5.31. The fourth-order valence-electron chi connectivity index (χ4n) is 3.42. The average molecular weight is 311 g/mol. The number of likely N-dealkylation sites (tertiary alicyclic amines) is 1. The lowest BCUT2D eigenvalue weighted by Gasteiger charge is -2.41. The van der Waals surface area contributed by atoms with Gasteiger partial charge < -0.3 is 10.5 Å². The van der Waals surface area contributed by atoms with E-state index in [1.54, 1.807) is 6.07 Å². The molecule has 1 aromatic heterocycles. The van der Waals surface area contributed by atoms with Gasteiger partial charge in [0.2, 0.25) is 5.88 Å². The molecule has 2 heterocycles. The van der Waals surface area contributed by atoms with Crippen LogP contribution in [0.5, 0.6) is 5.88 Å². The summed E-state index contributed by atoms with van der Waals surface area (Å²) >= 11 is 0. The Morgan fingerprint density at radius 1 is 1.17 bits per heavy atom. The highest BCUT2D eigenvalue weighted by Gasteiger charge is 2.30. The number of nitrogens with zero attached hydrogens (tertiary/aromatic N) is 2. The summed E-state index contributed by atoms with van der Waals surface area (Å²) in [5.74, 6) is 1.14. The summed E-state index contributed by atoms with van der Waals surface area (Å²) in [6.07, 6.45) is 2.23. The van der Waals surface area contributed by atoms with Crippen LogP contribution in [0.4, 0.5) is 5.82 Å². The standard InChI is InChI=1S/C19H25N3O/c1-14-13-17(23-19-10-6-9-18(20)21-19)11-12-22(14)15(2)16-7-4-3-5-8-16/h3-10,14-15,17H,11-13H2,1-2H3,(H2,20,21)/t14-,15+,17?/m1/s1. The van der Waals surface area contributed by atoms with Gasteiger partial charge in [0.1, 0.15) is 11.9 Å². The molecule has 0 bridgehead atoms. The van der Waals surface area contributed by atoms with Gasteiger partial charge in [0.15, 0.2) is 0 Å². The lowest BCUT2D eigenvalue weighted by atomic mass is 9.96. The van der Waals surface area contributed by atoms with Crippen molar-refractivity contribution < 1.29 is 4.74 Å². The molecule has 0 spiro atoms. The van der Waals surface area contributed by atoms with E-state index in [0.29, 0.717) is 23.8 Å². The number of pyridine rings is 1. The molecule has 1 saturated heterocycles. The van der Waals surface area contributed by atoms with Crippen LogP contribution in [0.15, 0.2) is 48.5 Å². The first-order chi connectivity index (χ1) is 11.1. The normalized spacial score (nSPS) is 23.4. The van der Waals surface area contributed by atoms with E-state index in [9.17, 15) is 0 Å². The molecule has 0 radical (unpaired) electrons. The summed E-state index contributed by atoms with van der Waals surface area (Å²) in [7, 11) is 0. The number of piperidine rings is 1. The van der Waals surface area contributed by atoms with Crippen LogP contribution in [0, 0.1) is 0 Å². The number of rotatable bonds is 4. The zero-order valence-electron chi connectivity index (χ0n) is 13.9. The zero-order valence-corrected chi connectivity index (χ0v) is 13.9. The molecule has 1 aliphatic rings. The predicted octanol–water partition coefficient (Wildman–Crippen LogP) is 3.66. The molecule has 1 unspecified atom stereocenters. The lowest BCUT2D eigenvalue weighted by molar-refractivity contribution is 0.0380. The number of nitrogen functional groups attached to an aromatic ring is 1. The van der Waals surface area contributed by atoms with Crippen molar-refractivity contribution in [3.63, 3.8) is 0 Å². The Kier molecular flexibility index (Phi) is 4.82. The number of benzene rings is 1. The number of aromatic nitrogens is 1. The molecule has 1 fully saturated rings. The van der Waals surface area contributed by atoms with Gasteiger partial charge in [-0.1, -0.05) is 36.4 Å². The van der Waals surface area contributed by atoms with Crippen molar-refractivity contribution in [2.45, 2.75) is 44.9 Å². The van der Waals surface area contributed by atoms with Crippen molar-refractivity contribution in [3.05, 3.63) is 54.1 Å². The average Bonchev–Trinajstić information content (AvgIpc) is 2.55. The fraction of sp³-hybridized carbons (Fsp3) is 0.421. The minimum Gasteiger partial charge on any atom is -0.474 e. The topological polar surface area (TPSA) is 51.4 Å². The second-order valence-electron chi connectivity index (χ2n) is 6.34. The Balaban J connectivity index is 1.61. The molecule has 2 aromatic rings. The Labute approximate surface area is 138 Å². The van der Waals surface area contributed by atoms with Crippen LogP contribution >= 0.6 is 0 Å². The molecule has 3 atom stereocenters. The van der Waals surface area contributed by atoms with Crippen molar-refractivity contribution in [2.75, 3.05) is 12.3 Å². The molecule has 4 nitrogen and oxygen atoms in total. The third kappa shape index (κ3) is 3.82. The minimum atomic E-state index is 0.207. The Morgan fingerprint density at radius 2 is 1.96 bits per heavy atom. The monoisotopic (exact) mass is 311 g/mol. The Hall–Kier alpha value is -2.07. The second-order valence-corrected chi connectivity index (χ2v) is 6.34. The van der Waals surface area contributed by atoms with Crippen molar-refractivity contribution >= 4 is 5.82 Å². The Morgan fingerprint density at radius 3 is 2.65 bits per heavy atom. The quantitative estimate of drug-likeness (QED) is 0.936. The minimum absolute atomic E-state index is 0.207. The summed E-state index contributed by atoms with van der Waals surface area (Å²) in [6.45, 7) is 5.60. The maximum atomic E-state index is 6.02. The van der Waals surface area contributed by atoms with Crippen LogP contribution in [0.25, 0.3) is 0 Å². The molecule has 0 amide bonds. The van der Waals surface area contributed by atoms with Gasteiger partial charge in [-0.05, 0) is 38.3 Å². The molecular weight excluding hydrogens is 286 g/mol. The zero-order chi connectivity index (χ0) is 16.2. The Bertz CT molecular complexity index is 632. The third-order valence-electron chi connectivity index (χ3n) is 4.69. The SMILES string of the molecule is C[C@@H]1CC(Oc2cccc(N)n2)CCN1[C@@H](C)c1ccccc1. The highest BCUT2D eigenvalue weighted by atomic mass is 16.5. The molecule has 4 heteroatoms. The van der Waals surface area contributed by atoms with Gasteiger partial charge in [0.25, 0.3) is 0 Å². The van der Waals surface area contributed by atoms with E-state index in [1.165, 1.54) is 5.56 Å². The summed E-state index contributed by atoms with van der Waals surface area (Å²) in [5.41, 5.74) is 7.09. The van der Waals surface area contributed by atoms with Gasteiger partial charge in [0, 0.05) is 24.7 Å². The largest absolute Gasteiger partial charge is 0.474 e. The molecular formula is C19H25N3O. The van der Waals surface area contributed by atoms with Crippen molar-refractivity contribution in [1.29, 1.82) is 0 Å². The molecule has 1 aliphatic heterocycles. The second kappa shape index (κ2) is 7.01. The maximum Gasteiger partial charge on any atom is 0.215 e. The summed E-state index contributed by atoms with van der Waals surface area (Å²) < 4.78 is 6.02. The van der Waals surface area contributed by atoms with E-state index in [1.807, 2.05) is 12.1 Å². The van der Waals surface area contributed by atoms with Crippen molar-refractivity contribution in [1.82, 2.24) is 9.88 Å². The van der Waals surface area contributed by atoms with Gasteiger partial charge in [-0.2, -0.15) is 4.98 Å². The number of hydrogen-bond donors (Lipinski definition) is 1. The molecule has 0 aliphatic carbocycles. The van der Waals surface area contributed by atoms with Crippen LogP contribution in [0.2, 0.25) is 0 Å². The first-order valence-corrected chi connectivity index (χ1v) is 8.33. The van der Waals surface area contributed by atoms with Gasteiger partial charge in [-0.25, -0.2) is 0 Å². The fourth-order valence-corrected chi connectivity index (χ4v) is 3.42. The van der Waals surface area contributed by atoms with Crippen LogP contribution in [-0.4, -0.2) is 28.6 Å². The van der Waals surface area contributed by atoms with E-state index < -0.39 is 0 Å². The van der Waals surface area contributed by atoms with E-state index >= 15 is 0 Å². The van der Waals surface area contributed by atoms with E-state index in [2.05, 4.69) is 54.1 Å². The first-order valence-electron chi connectivity index (χ1n) is 8.33.